The van der Waals surface area contributed by atoms with Crippen LogP contribution in [-0.4, -0.2) is 33.1 Å². The summed E-state index contributed by atoms with van der Waals surface area (Å²) >= 11 is 0. The van der Waals surface area contributed by atoms with E-state index in [4.69, 9.17) is 5.10 Å². The number of likely N-dealkylation sites (tertiary alicyclic amines) is 1. The average molecular weight is 277 g/mol. The van der Waals surface area contributed by atoms with Crippen LogP contribution in [0.15, 0.2) is 12.3 Å². The zero-order valence-corrected chi connectivity index (χ0v) is 13.0. The van der Waals surface area contributed by atoms with E-state index in [1.54, 1.807) is 6.92 Å². The van der Waals surface area contributed by atoms with E-state index in [2.05, 4.69) is 35.7 Å². The third-order valence-corrected chi connectivity index (χ3v) is 4.37. The quantitative estimate of drug-likeness (QED) is 0.768. The van der Waals surface area contributed by atoms with Gasteiger partial charge in [0.2, 0.25) is 0 Å². The Morgan fingerprint density at radius 2 is 2.20 bits per heavy atom. The molecular weight excluding hydrogens is 250 g/mol. The fourth-order valence-corrected chi connectivity index (χ4v) is 3.20. The van der Waals surface area contributed by atoms with E-state index in [0.29, 0.717) is 24.3 Å². The molecule has 2 heterocycles. The summed E-state index contributed by atoms with van der Waals surface area (Å²) in [5.74, 6) is 0.296. The highest BCUT2D eigenvalue weighted by molar-refractivity contribution is 5.76. The summed E-state index contributed by atoms with van der Waals surface area (Å²) < 4.78 is 2.10. The number of Topliss-reactive ketones (excluding diaryl/α,β-unsaturated/α-hetero) is 1. The summed E-state index contributed by atoms with van der Waals surface area (Å²) in [6.45, 7) is 8.08. The average Bonchev–Trinajstić information content (AvgIpc) is 3.02. The highest BCUT2D eigenvalue weighted by Gasteiger charge is 2.26. The maximum absolute atomic E-state index is 11.3. The molecule has 4 nitrogen and oxygen atoms in total. The van der Waals surface area contributed by atoms with Crippen LogP contribution in [0, 0.1) is 0 Å². The third kappa shape index (κ3) is 3.69. The molecule has 0 spiro atoms. The molecule has 1 aliphatic heterocycles. The molecule has 0 aromatic carbocycles. The molecule has 4 heteroatoms. The third-order valence-electron chi connectivity index (χ3n) is 4.37. The highest BCUT2D eigenvalue weighted by atomic mass is 16.1. The molecule has 1 saturated heterocycles. The number of carbonyl (C=O) groups is 1. The number of rotatable bonds is 7. The van der Waals surface area contributed by atoms with Crippen molar-refractivity contribution in [2.75, 3.05) is 6.54 Å². The zero-order valence-electron chi connectivity index (χ0n) is 13.0. The van der Waals surface area contributed by atoms with Crippen molar-refractivity contribution < 1.29 is 4.79 Å². The molecule has 20 heavy (non-hydrogen) atoms. The van der Waals surface area contributed by atoms with Gasteiger partial charge in [-0.25, -0.2) is 0 Å². The Balaban J connectivity index is 1.97. The van der Waals surface area contributed by atoms with Crippen LogP contribution in [0.5, 0.6) is 0 Å². The second-order valence-electron chi connectivity index (χ2n) is 5.93. The van der Waals surface area contributed by atoms with E-state index in [1.165, 1.54) is 6.42 Å². The van der Waals surface area contributed by atoms with E-state index in [1.807, 2.05) is 0 Å². The highest BCUT2D eigenvalue weighted by Crippen LogP contribution is 2.23. The fourth-order valence-electron chi connectivity index (χ4n) is 3.20. The fraction of sp³-hybridized carbons (Fsp3) is 0.750. The Labute approximate surface area is 122 Å². The van der Waals surface area contributed by atoms with E-state index < -0.39 is 0 Å². The van der Waals surface area contributed by atoms with Gasteiger partial charge >= 0.3 is 0 Å². The number of aromatic nitrogens is 2. The SMILES string of the molecule is CCC(CC)n1ccc(CN2CCCC2CC(C)=O)n1. The van der Waals surface area contributed by atoms with Crippen molar-refractivity contribution in [2.45, 2.75) is 71.5 Å². The van der Waals surface area contributed by atoms with E-state index in [9.17, 15) is 4.79 Å². The molecule has 1 aliphatic rings. The minimum absolute atomic E-state index is 0.296. The molecule has 0 amide bonds. The number of carbonyl (C=O) groups excluding carboxylic acids is 1. The van der Waals surface area contributed by atoms with Crippen molar-refractivity contribution in [3.8, 4) is 0 Å². The van der Waals surface area contributed by atoms with E-state index in [-0.39, 0.29) is 0 Å². The number of nitrogens with zero attached hydrogens (tertiary/aromatic N) is 3. The van der Waals surface area contributed by atoms with Gasteiger partial charge in [-0.15, -0.1) is 0 Å². The van der Waals surface area contributed by atoms with Crippen LogP contribution in [0.3, 0.4) is 0 Å². The van der Waals surface area contributed by atoms with Crippen molar-refractivity contribution in [3.05, 3.63) is 18.0 Å². The normalized spacial score (nSPS) is 19.9. The minimum Gasteiger partial charge on any atom is -0.300 e. The van der Waals surface area contributed by atoms with Crippen LogP contribution in [0.2, 0.25) is 0 Å². The first-order chi connectivity index (χ1) is 9.63. The number of hydrogen-bond donors (Lipinski definition) is 0. The Hall–Kier alpha value is -1.16. The van der Waals surface area contributed by atoms with E-state index >= 15 is 0 Å². The van der Waals surface area contributed by atoms with Gasteiger partial charge in [0.25, 0.3) is 0 Å². The van der Waals surface area contributed by atoms with Gasteiger partial charge in [-0.3, -0.25) is 14.4 Å². The van der Waals surface area contributed by atoms with Gasteiger partial charge in [0.1, 0.15) is 5.78 Å². The summed E-state index contributed by atoms with van der Waals surface area (Å²) in [6, 6.07) is 3.06. The van der Waals surface area contributed by atoms with Gasteiger partial charge in [-0.1, -0.05) is 13.8 Å². The lowest BCUT2D eigenvalue weighted by Crippen LogP contribution is -2.30. The smallest absolute Gasteiger partial charge is 0.131 e. The lowest BCUT2D eigenvalue weighted by atomic mass is 10.1. The van der Waals surface area contributed by atoms with Crippen molar-refractivity contribution in [2.24, 2.45) is 0 Å². The summed E-state index contributed by atoms with van der Waals surface area (Å²) in [7, 11) is 0. The maximum Gasteiger partial charge on any atom is 0.131 e. The summed E-state index contributed by atoms with van der Waals surface area (Å²) in [5, 5.41) is 4.72. The predicted octanol–water partition coefficient (Wildman–Crippen LogP) is 3.19. The van der Waals surface area contributed by atoms with Crippen LogP contribution in [0.25, 0.3) is 0 Å². The summed E-state index contributed by atoms with van der Waals surface area (Å²) in [5.41, 5.74) is 1.13. The standard InChI is InChI=1S/C16H27N3O/c1-4-15(5-2)19-10-8-14(17-19)12-18-9-6-7-16(18)11-13(3)20/h8,10,15-16H,4-7,9,11-12H2,1-3H3. The lowest BCUT2D eigenvalue weighted by molar-refractivity contribution is -0.118. The van der Waals surface area contributed by atoms with Gasteiger partial charge in [0.15, 0.2) is 0 Å². The molecule has 1 aromatic heterocycles. The molecule has 0 bridgehead atoms. The molecule has 1 fully saturated rings. The second-order valence-corrected chi connectivity index (χ2v) is 5.93. The van der Waals surface area contributed by atoms with Crippen molar-refractivity contribution in [1.82, 2.24) is 14.7 Å². The second kappa shape index (κ2) is 7.02. The number of ketones is 1. The summed E-state index contributed by atoms with van der Waals surface area (Å²) in [6.07, 6.45) is 7.37. The van der Waals surface area contributed by atoms with Crippen LogP contribution in [0.1, 0.15) is 64.6 Å². The first kappa shape index (κ1) is 15.2. The van der Waals surface area contributed by atoms with Gasteiger partial charge in [0.05, 0.1) is 11.7 Å². The van der Waals surface area contributed by atoms with Gasteiger partial charge < -0.3 is 0 Å². The zero-order chi connectivity index (χ0) is 14.5. The van der Waals surface area contributed by atoms with Crippen molar-refractivity contribution in [3.63, 3.8) is 0 Å². The Morgan fingerprint density at radius 1 is 1.45 bits per heavy atom. The van der Waals surface area contributed by atoms with Crippen LogP contribution in [-0.2, 0) is 11.3 Å². The Kier molecular flexibility index (Phi) is 5.35. The molecular formula is C16H27N3O. The largest absolute Gasteiger partial charge is 0.300 e. The van der Waals surface area contributed by atoms with Crippen LogP contribution in [0.4, 0.5) is 0 Å². The predicted molar refractivity (Wildman–Crippen MR) is 80.6 cm³/mol. The Morgan fingerprint density at radius 3 is 2.85 bits per heavy atom. The van der Waals surface area contributed by atoms with Crippen LogP contribution < -0.4 is 0 Å². The van der Waals surface area contributed by atoms with Gasteiger partial charge in [-0.05, 0) is 45.2 Å². The van der Waals surface area contributed by atoms with E-state index in [0.717, 1.165) is 38.0 Å². The Bertz CT molecular complexity index is 437. The first-order valence-corrected chi connectivity index (χ1v) is 7.91. The monoisotopic (exact) mass is 277 g/mol. The molecule has 0 N–H and O–H groups in total. The molecule has 0 aliphatic carbocycles. The van der Waals surface area contributed by atoms with Crippen molar-refractivity contribution >= 4 is 5.78 Å². The minimum atomic E-state index is 0.296. The lowest BCUT2D eigenvalue weighted by Gasteiger charge is -2.22. The summed E-state index contributed by atoms with van der Waals surface area (Å²) in [4.78, 5) is 13.7. The first-order valence-electron chi connectivity index (χ1n) is 7.91. The molecule has 1 aromatic rings. The van der Waals surface area contributed by atoms with Crippen LogP contribution >= 0.6 is 0 Å². The molecule has 112 valence electrons. The van der Waals surface area contributed by atoms with Gasteiger partial charge in [-0.2, -0.15) is 5.10 Å². The molecule has 0 radical (unpaired) electrons. The number of hydrogen-bond acceptors (Lipinski definition) is 3. The topological polar surface area (TPSA) is 38.1 Å². The molecule has 0 saturated carbocycles. The molecule has 2 rings (SSSR count). The van der Waals surface area contributed by atoms with Crippen molar-refractivity contribution in [1.29, 1.82) is 0 Å². The molecule has 1 unspecified atom stereocenters. The maximum atomic E-state index is 11.3. The van der Waals surface area contributed by atoms with Gasteiger partial charge in [0, 0.05) is 25.2 Å². The molecule has 1 atom stereocenters.